The lowest BCUT2D eigenvalue weighted by Crippen LogP contribution is -2.41. The zero-order valence-corrected chi connectivity index (χ0v) is 20.3. The molecule has 35 heavy (non-hydrogen) atoms. The van der Waals surface area contributed by atoms with Crippen molar-refractivity contribution in [2.75, 3.05) is 11.9 Å². The van der Waals surface area contributed by atoms with Crippen LogP contribution >= 0.6 is 0 Å². The third kappa shape index (κ3) is 5.43. The molecule has 0 unspecified atom stereocenters. The van der Waals surface area contributed by atoms with Crippen LogP contribution in [0, 0.1) is 17.2 Å². The molecule has 1 saturated carbocycles. The fraction of sp³-hybridized carbons (Fsp3) is 0.423. The van der Waals surface area contributed by atoms with Gasteiger partial charge in [-0.05, 0) is 58.6 Å². The van der Waals surface area contributed by atoms with Crippen molar-refractivity contribution in [3.05, 3.63) is 47.9 Å². The average Bonchev–Trinajstić information content (AvgIpc) is 3.27. The Kier molecular flexibility index (Phi) is 7.30. The van der Waals surface area contributed by atoms with Crippen LogP contribution in [0.1, 0.15) is 62.4 Å². The summed E-state index contributed by atoms with van der Waals surface area (Å²) in [4.78, 5) is 34.3. The summed E-state index contributed by atoms with van der Waals surface area (Å²) in [5, 5.41) is 19.4. The quantitative estimate of drug-likeness (QED) is 0.482. The van der Waals surface area contributed by atoms with Crippen LogP contribution in [-0.2, 0) is 4.79 Å². The monoisotopic (exact) mass is 473 g/mol. The van der Waals surface area contributed by atoms with Gasteiger partial charge in [0.1, 0.15) is 17.5 Å². The van der Waals surface area contributed by atoms with Crippen molar-refractivity contribution in [1.82, 2.24) is 25.2 Å². The number of hydrogen-bond donors (Lipinski definition) is 3. The Morgan fingerprint density at radius 2 is 1.94 bits per heavy atom. The highest BCUT2D eigenvalue weighted by molar-refractivity contribution is 6.00. The highest BCUT2D eigenvalue weighted by Gasteiger charge is 2.27. The molecular weight excluding hydrogens is 442 g/mol. The fourth-order valence-corrected chi connectivity index (χ4v) is 4.54. The maximum absolute atomic E-state index is 13.2. The predicted molar refractivity (Wildman–Crippen MR) is 134 cm³/mol. The number of pyridine rings is 2. The number of nitrogens with zero attached hydrogens (tertiary/aromatic N) is 4. The Balaban J connectivity index is 1.53. The lowest BCUT2D eigenvalue weighted by Gasteiger charge is -2.28. The molecule has 0 saturated heterocycles. The Morgan fingerprint density at radius 3 is 2.63 bits per heavy atom. The highest BCUT2D eigenvalue weighted by atomic mass is 16.2. The first-order chi connectivity index (χ1) is 16.9. The van der Waals surface area contributed by atoms with Gasteiger partial charge in [-0.2, -0.15) is 5.26 Å². The van der Waals surface area contributed by atoms with E-state index in [1.165, 1.54) is 6.20 Å². The Morgan fingerprint density at radius 1 is 1.17 bits per heavy atom. The standard InChI is InChI=1S/C26H31N7O2/c1-4-28-25(34)18-5-7-20(8-6-18)32-26(35)21-15-29-23(12-22(21)31-16(2)3)33-10-9-19-11-17(13-27)14-30-24(19)33/h9-12,14-16,18,20H,4-8H2,1-3H3,(H,28,34)(H,29,31)(H,32,35)/t18-,20-. The van der Waals surface area contributed by atoms with Crippen molar-refractivity contribution in [3.8, 4) is 11.9 Å². The van der Waals surface area contributed by atoms with E-state index in [2.05, 4.69) is 32.0 Å². The number of hydrogen-bond acceptors (Lipinski definition) is 6. The largest absolute Gasteiger partial charge is 0.382 e. The molecule has 1 aliphatic rings. The molecule has 4 rings (SSSR count). The van der Waals surface area contributed by atoms with Crippen LogP contribution in [0.5, 0.6) is 0 Å². The van der Waals surface area contributed by atoms with E-state index < -0.39 is 0 Å². The number of carbonyl (C=O) groups is 2. The van der Waals surface area contributed by atoms with Gasteiger partial charge in [-0.25, -0.2) is 9.97 Å². The van der Waals surface area contributed by atoms with E-state index in [4.69, 9.17) is 5.26 Å². The molecule has 0 atom stereocenters. The summed E-state index contributed by atoms with van der Waals surface area (Å²) >= 11 is 0. The number of nitriles is 1. The predicted octanol–water partition coefficient (Wildman–Crippen LogP) is 3.54. The van der Waals surface area contributed by atoms with Crippen LogP contribution < -0.4 is 16.0 Å². The SMILES string of the molecule is CCNC(=O)[C@H]1CC[C@H](NC(=O)c2cnc(-n3ccc4cc(C#N)cnc43)cc2NC(C)C)CC1. The van der Waals surface area contributed by atoms with Crippen LogP contribution in [0.15, 0.2) is 36.8 Å². The van der Waals surface area contributed by atoms with Gasteiger partial charge in [-0.1, -0.05) is 0 Å². The fourth-order valence-electron chi connectivity index (χ4n) is 4.54. The van der Waals surface area contributed by atoms with Gasteiger partial charge < -0.3 is 16.0 Å². The summed E-state index contributed by atoms with van der Waals surface area (Å²) in [6.07, 6.45) is 8.07. The molecule has 0 spiro atoms. The van der Waals surface area contributed by atoms with Crippen LogP contribution in [0.2, 0.25) is 0 Å². The zero-order chi connectivity index (χ0) is 24.9. The molecule has 9 heteroatoms. The average molecular weight is 474 g/mol. The number of amides is 2. The molecule has 3 N–H and O–H groups in total. The minimum Gasteiger partial charge on any atom is -0.382 e. The summed E-state index contributed by atoms with van der Waals surface area (Å²) in [6.45, 7) is 6.59. The molecule has 1 aliphatic carbocycles. The van der Waals surface area contributed by atoms with Gasteiger partial charge in [0.15, 0.2) is 0 Å². The molecule has 3 heterocycles. The second kappa shape index (κ2) is 10.6. The van der Waals surface area contributed by atoms with Gasteiger partial charge >= 0.3 is 0 Å². The number of carbonyl (C=O) groups excluding carboxylic acids is 2. The summed E-state index contributed by atoms with van der Waals surface area (Å²) < 4.78 is 1.84. The molecule has 9 nitrogen and oxygen atoms in total. The zero-order valence-electron chi connectivity index (χ0n) is 20.3. The van der Waals surface area contributed by atoms with Gasteiger partial charge in [-0.15, -0.1) is 0 Å². The van der Waals surface area contributed by atoms with E-state index in [0.29, 0.717) is 34.8 Å². The van der Waals surface area contributed by atoms with Crippen molar-refractivity contribution in [2.45, 2.75) is 58.5 Å². The highest BCUT2D eigenvalue weighted by Crippen LogP contribution is 2.26. The number of aromatic nitrogens is 3. The molecule has 0 aliphatic heterocycles. The van der Waals surface area contributed by atoms with Crippen molar-refractivity contribution in [1.29, 1.82) is 5.26 Å². The topological polar surface area (TPSA) is 125 Å². The van der Waals surface area contributed by atoms with E-state index in [-0.39, 0.29) is 29.8 Å². The third-order valence-electron chi connectivity index (χ3n) is 6.26. The van der Waals surface area contributed by atoms with Gasteiger partial charge in [0.05, 0.1) is 16.8 Å². The second-order valence-electron chi connectivity index (χ2n) is 9.24. The summed E-state index contributed by atoms with van der Waals surface area (Å²) in [7, 11) is 0. The number of rotatable bonds is 7. The van der Waals surface area contributed by atoms with E-state index in [1.807, 2.05) is 43.7 Å². The maximum atomic E-state index is 13.2. The van der Waals surface area contributed by atoms with E-state index in [9.17, 15) is 9.59 Å². The van der Waals surface area contributed by atoms with Crippen molar-refractivity contribution < 1.29 is 9.59 Å². The summed E-state index contributed by atoms with van der Waals surface area (Å²) in [5.74, 6) is 0.579. The van der Waals surface area contributed by atoms with Gasteiger partial charge in [0.2, 0.25) is 5.91 Å². The Labute approximate surface area is 204 Å². The summed E-state index contributed by atoms with van der Waals surface area (Å²) in [6, 6.07) is 7.77. The molecule has 3 aromatic heterocycles. The van der Waals surface area contributed by atoms with Crippen molar-refractivity contribution >= 4 is 28.5 Å². The number of fused-ring (bicyclic) bond motifs is 1. The minimum atomic E-state index is -0.178. The van der Waals surface area contributed by atoms with E-state index in [0.717, 1.165) is 31.1 Å². The molecule has 0 radical (unpaired) electrons. The first-order valence-electron chi connectivity index (χ1n) is 12.1. The van der Waals surface area contributed by atoms with Gasteiger partial charge in [0, 0.05) is 54.6 Å². The molecule has 0 aromatic carbocycles. The van der Waals surface area contributed by atoms with Gasteiger partial charge in [-0.3, -0.25) is 14.2 Å². The van der Waals surface area contributed by atoms with E-state index in [1.54, 1.807) is 12.3 Å². The van der Waals surface area contributed by atoms with Gasteiger partial charge in [0.25, 0.3) is 5.91 Å². The van der Waals surface area contributed by atoms with Crippen molar-refractivity contribution in [3.63, 3.8) is 0 Å². The molecule has 182 valence electrons. The molecule has 0 bridgehead atoms. The summed E-state index contributed by atoms with van der Waals surface area (Å²) in [5.41, 5.74) is 2.35. The maximum Gasteiger partial charge on any atom is 0.255 e. The van der Waals surface area contributed by atoms with Crippen LogP contribution in [0.4, 0.5) is 5.69 Å². The van der Waals surface area contributed by atoms with Crippen molar-refractivity contribution in [2.24, 2.45) is 5.92 Å². The van der Waals surface area contributed by atoms with Crippen LogP contribution in [0.3, 0.4) is 0 Å². The Bertz CT molecular complexity index is 1270. The third-order valence-corrected chi connectivity index (χ3v) is 6.26. The number of anilines is 1. The van der Waals surface area contributed by atoms with Crippen LogP contribution in [-0.4, -0.2) is 45.0 Å². The first-order valence-corrected chi connectivity index (χ1v) is 12.1. The minimum absolute atomic E-state index is 0.0245. The van der Waals surface area contributed by atoms with E-state index >= 15 is 0 Å². The van der Waals surface area contributed by atoms with Crippen LogP contribution in [0.25, 0.3) is 16.9 Å². The number of nitrogens with one attached hydrogen (secondary N) is 3. The lowest BCUT2D eigenvalue weighted by molar-refractivity contribution is -0.125. The normalized spacial score (nSPS) is 17.7. The smallest absolute Gasteiger partial charge is 0.255 e. The Hall–Kier alpha value is -3.93. The molecular formula is C26H31N7O2. The molecule has 2 amide bonds. The molecule has 1 fully saturated rings. The first kappa shape index (κ1) is 24.2. The second-order valence-corrected chi connectivity index (χ2v) is 9.24. The molecule has 3 aromatic rings. The lowest BCUT2D eigenvalue weighted by atomic mass is 9.85.